The number of amides is 3. The predicted molar refractivity (Wildman–Crippen MR) is 166 cm³/mol. The fourth-order valence-electron chi connectivity index (χ4n) is 4.86. The Morgan fingerprint density at radius 1 is 0.905 bits per heavy atom. The number of carbonyl (C=O) groups is 4. The van der Waals surface area contributed by atoms with Gasteiger partial charge in [0, 0.05) is 12.6 Å². The van der Waals surface area contributed by atoms with Crippen molar-refractivity contribution in [2.45, 2.75) is 126 Å². The predicted octanol–water partition coefficient (Wildman–Crippen LogP) is 6.01. The van der Waals surface area contributed by atoms with E-state index >= 15 is 0 Å². The number of nitrogens with one attached hydrogen (secondary N) is 2. The van der Waals surface area contributed by atoms with Crippen LogP contribution in [0.4, 0.5) is 4.79 Å². The molecule has 1 rings (SSSR count). The molecule has 1 aromatic carbocycles. The second kappa shape index (κ2) is 17.1. The highest BCUT2D eigenvalue weighted by Crippen LogP contribution is 2.29. The summed E-state index contributed by atoms with van der Waals surface area (Å²) >= 11 is 0. The summed E-state index contributed by atoms with van der Waals surface area (Å²) in [6.07, 6.45) is 1.23. The zero-order valence-corrected chi connectivity index (χ0v) is 27.8. The van der Waals surface area contributed by atoms with E-state index in [0.29, 0.717) is 24.3 Å². The van der Waals surface area contributed by atoms with Crippen molar-refractivity contribution in [2.75, 3.05) is 13.2 Å². The van der Waals surface area contributed by atoms with Crippen LogP contribution in [0.2, 0.25) is 0 Å². The molecule has 0 saturated carbocycles. The molecule has 0 aromatic heterocycles. The fraction of sp³-hybridized carbons (Fsp3) is 0.697. The molecule has 3 amide bonds. The molecule has 0 spiro atoms. The molecule has 0 saturated heterocycles. The molecule has 42 heavy (non-hydrogen) atoms. The number of hydrogen-bond acceptors (Lipinski definition) is 6. The number of hydrogen-bond donors (Lipinski definition) is 2. The maximum atomic E-state index is 14.5. The van der Waals surface area contributed by atoms with E-state index in [1.807, 2.05) is 52.8 Å². The Balaban J connectivity index is 3.64. The third kappa shape index (κ3) is 13.3. The van der Waals surface area contributed by atoms with E-state index in [0.717, 1.165) is 17.5 Å². The molecule has 9 heteroatoms. The number of nitrogens with zero attached hydrogens (tertiary/aromatic N) is 1. The molecular formula is C33H55N3O6. The van der Waals surface area contributed by atoms with Crippen molar-refractivity contribution < 1.29 is 28.7 Å². The summed E-state index contributed by atoms with van der Waals surface area (Å²) in [6.45, 7) is 21.4. The number of rotatable bonds is 15. The lowest BCUT2D eigenvalue weighted by molar-refractivity contribution is -0.146. The quantitative estimate of drug-likeness (QED) is 0.242. The third-order valence-corrected chi connectivity index (χ3v) is 6.61. The van der Waals surface area contributed by atoms with E-state index in [-0.39, 0.29) is 37.4 Å². The number of carbonyl (C=O) groups excluding carboxylic acids is 4. The van der Waals surface area contributed by atoms with Gasteiger partial charge in [0.25, 0.3) is 0 Å². The topological polar surface area (TPSA) is 114 Å². The summed E-state index contributed by atoms with van der Waals surface area (Å²) in [5.41, 5.74) is 1.86. The van der Waals surface area contributed by atoms with Crippen LogP contribution < -0.4 is 10.6 Å². The van der Waals surface area contributed by atoms with Crippen molar-refractivity contribution in [2.24, 2.45) is 11.8 Å². The van der Waals surface area contributed by atoms with Crippen LogP contribution in [-0.2, 0) is 23.9 Å². The normalized spacial score (nSPS) is 13.7. The highest BCUT2D eigenvalue weighted by molar-refractivity contribution is 5.92. The molecule has 0 aliphatic heterocycles. The smallest absolute Gasteiger partial charge is 0.408 e. The number of aryl methyl sites for hydroxylation is 2. The standard InChI is InChI=1S/C33H55N3O6/c1-12-41-28(37)15-16-34-30(38)29(26-19-23(6)18-24(7)20-26)36(25(8)14-13-21(2)3)31(39)27(17-22(4)5)35-32(40)42-33(9,10)11/h18-22,25,27,29H,12-17H2,1-11H3,(H,34,38)(H,35,40). The van der Waals surface area contributed by atoms with E-state index < -0.39 is 35.7 Å². The van der Waals surface area contributed by atoms with E-state index in [4.69, 9.17) is 9.47 Å². The van der Waals surface area contributed by atoms with E-state index in [1.165, 1.54) is 0 Å². The average molecular weight is 590 g/mol. The molecule has 3 atom stereocenters. The van der Waals surface area contributed by atoms with Crippen molar-refractivity contribution in [3.05, 3.63) is 34.9 Å². The molecule has 1 aromatic rings. The Morgan fingerprint density at radius 2 is 1.50 bits per heavy atom. The van der Waals surface area contributed by atoms with Crippen LogP contribution in [0.15, 0.2) is 18.2 Å². The molecule has 9 nitrogen and oxygen atoms in total. The van der Waals surface area contributed by atoms with Crippen LogP contribution in [0, 0.1) is 25.7 Å². The summed E-state index contributed by atoms with van der Waals surface area (Å²) in [5.74, 6) is -0.670. The lowest BCUT2D eigenvalue weighted by Gasteiger charge is -2.39. The second-order valence-corrected chi connectivity index (χ2v) is 13.1. The Labute approximate surface area is 253 Å². The first-order valence-corrected chi connectivity index (χ1v) is 15.3. The summed E-state index contributed by atoms with van der Waals surface area (Å²) < 4.78 is 10.5. The minimum atomic E-state index is -0.976. The van der Waals surface area contributed by atoms with E-state index in [9.17, 15) is 19.2 Å². The van der Waals surface area contributed by atoms with E-state index in [2.05, 4.69) is 24.5 Å². The van der Waals surface area contributed by atoms with Crippen LogP contribution in [0.1, 0.15) is 111 Å². The van der Waals surface area contributed by atoms with Gasteiger partial charge in [-0.1, -0.05) is 57.0 Å². The van der Waals surface area contributed by atoms with Gasteiger partial charge in [-0.3, -0.25) is 14.4 Å². The summed E-state index contributed by atoms with van der Waals surface area (Å²) in [5, 5.41) is 5.67. The van der Waals surface area contributed by atoms with Crippen LogP contribution >= 0.6 is 0 Å². The summed E-state index contributed by atoms with van der Waals surface area (Å²) in [7, 11) is 0. The SMILES string of the molecule is CCOC(=O)CCNC(=O)C(c1cc(C)cc(C)c1)N(C(=O)C(CC(C)C)NC(=O)OC(C)(C)C)C(C)CCC(C)C. The highest BCUT2D eigenvalue weighted by Gasteiger charge is 2.39. The minimum Gasteiger partial charge on any atom is -0.466 e. The van der Waals surface area contributed by atoms with Crippen molar-refractivity contribution in [3.63, 3.8) is 0 Å². The second-order valence-electron chi connectivity index (χ2n) is 13.1. The highest BCUT2D eigenvalue weighted by atomic mass is 16.6. The first kappa shape index (κ1) is 36.9. The Hall–Kier alpha value is -3.10. The largest absolute Gasteiger partial charge is 0.466 e. The minimum absolute atomic E-state index is 0.0200. The molecule has 0 aliphatic rings. The molecule has 238 valence electrons. The first-order chi connectivity index (χ1) is 19.4. The van der Waals surface area contributed by atoms with Gasteiger partial charge >= 0.3 is 12.1 Å². The van der Waals surface area contributed by atoms with Crippen LogP contribution in [-0.4, -0.2) is 59.6 Å². The maximum absolute atomic E-state index is 14.5. The zero-order valence-electron chi connectivity index (χ0n) is 27.8. The van der Waals surface area contributed by atoms with Gasteiger partial charge < -0.3 is 25.0 Å². The Kier molecular flexibility index (Phi) is 15.1. The van der Waals surface area contributed by atoms with Crippen molar-refractivity contribution >= 4 is 23.9 Å². The fourth-order valence-corrected chi connectivity index (χ4v) is 4.86. The molecule has 0 radical (unpaired) electrons. The lowest BCUT2D eigenvalue weighted by atomic mass is 9.94. The Morgan fingerprint density at radius 3 is 2.00 bits per heavy atom. The monoisotopic (exact) mass is 589 g/mol. The van der Waals surface area contributed by atoms with Crippen LogP contribution in [0.3, 0.4) is 0 Å². The third-order valence-electron chi connectivity index (χ3n) is 6.61. The van der Waals surface area contributed by atoms with Crippen molar-refractivity contribution in [1.82, 2.24) is 15.5 Å². The maximum Gasteiger partial charge on any atom is 0.408 e. The molecule has 0 heterocycles. The summed E-state index contributed by atoms with van der Waals surface area (Å²) in [4.78, 5) is 54.9. The van der Waals surface area contributed by atoms with Crippen molar-refractivity contribution in [3.8, 4) is 0 Å². The molecule has 0 bridgehead atoms. The number of alkyl carbamates (subject to hydrolysis) is 1. The average Bonchev–Trinajstić information content (AvgIpc) is 2.82. The van der Waals surface area contributed by atoms with Gasteiger partial charge in [-0.15, -0.1) is 0 Å². The van der Waals surface area contributed by atoms with Gasteiger partial charge in [-0.05, 0) is 85.1 Å². The molecular weight excluding hydrogens is 534 g/mol. The molecule has 2 N–H and O–H groups in total. The van der Waals surface area contributed by atoms with E-state index in [1.54, 1.807) is 32.6 Å². The zero-order chi connectivity index (χ0) is 32.2. The first-order valence-electron chi connectivity index (χ1n) is 15.3. The molecule has 3 unspecified atom stereocenters. The number of esters is 1. The Bertz CT molecular complexity index is 1030. The van der Waals surface area contributed by atoms with Gasteiger partial charge in [-0.2, -0.15) is 0 Å². The molecule has 0 fully saturated rings. The van der Waals surface area contributed by atoms with Gasteiger partial charge in [0.1, 0.15) is 17.7 Å². The lowest BCUT2D eigenvalue weighted by Crippen LogP contribution is -2.56. The summed E-state index contributed by atoms with van der Waals surface area (Å²) in [6, 6.07) is 3.64. The van der Waals surface area contributed by atoms with Gasteiger partial charge in [0.05, 0.1) is 13.0 Å². The van der Waals surface area contributed by atoms with Crippen LogP contribution in [0.5, 0.6) is 0 Å². The van der Waals surface area contributed by atoms with Gasteiger partial charge in [-0.25, -0.2) is 4.79 Å². The number of ether oxygens (including phenoxy) is 2. The molecule has 0 aliphatic carbocycles. The van der Waals surface area contributed by atoms with Crippen molar-refractivity contribution in [1.29, 1.82) is 0 Å². The number of benzene rings is 1. The van der Waals surface area contributed by atoms with Crippen LogP contribution in [0.25, 0.3) is 0 Å². The van der Waals surface area contributed by atoms with Gasteiger partial charge in [0.15, 0.2) is 0 Å². The van der Waals surface area contributed by atoms with Gasteiger partial charge in [0.2, 0.25) is 11.8 Å².